The monoisotopic (exact) mass is 269 g/mol. The van der Waals surface area contributed by atoms with Crippen LogP contribution in [-0.2, 0) is 0 Å². The maximum absolute atomic E-state index is 11.2. The van der Waals surface area contributed by atoms with Gasteiger partial charge in [0.2, 0.25) is 0 Å². The van der Waals surface area contributed by atoms with Crippen molar-refractivity contribution in [3.05, 3.63) is 39.7 Å². The van der Waals surface area contributed by atoms with Crippen molar-refractivity contribution in [3.63, 3.8) is 0 Å². The van der Waals surface area contributed by atoms with Gasteiger partial charge in [-0.2, -0.15) is 10.4 Å². The number of ether oxygens (including phenoxy) is 2. The number of aromatic amines is 1. The van der Waals surface area contributed by atoms with Gasteiger partial charge in [0.25, 0.3) is 5.56 Å². The van der Waals surface area contributed by atoms with E-state index >= 15 is 0 Å². The summed E-state index contributed by atoms with van der Waals surface area (Å²) >= 11 is 0. The maximum Gasteiger partial charge on any atom is 0.265 e. The fourth-order valence-electron chi connectivity index (χ4n) is 2.14. The minimum absolute atomic E-state index is 0.230. The molecule has 0 unspecified atom stereocenters. The van der Waals surface area contributed by atoms with Gasteiger partial charge in [0.05, 0.1) is 5.56 Å². The van der Waals surface area contributed by atoms with Crippen molar-refractivity contribution in [1.29, 1.82) is 5.26 Å². The summed E-state index contributed by atoms with van der Waals surface area (Å²) in [6.07, 6.45) is 0. The van der Waals surface area contributed by atoms with Gasteiger partial charge in [-0.1, -0.05) is 0 Å². The molecule has 0 spiro atoms. The van der Waals surface area contributed by atoms with E-state index in [1.807, 2.05) is 19.1 Å². The van der Waals surface area contributed by atoms with Crippen LogP contribution in [0.15, 0.2) is 23.0 Å². The molecule has 0 fully saturated rings. The van der Waals surface area contributed by atoms with E-state index in [0.717, 1.165) is 11.1 Å². The highest BCUT2D eigenvalue weighted by molar-refractivity contribution is 5.72. The zero-order chi connectivity index (χ0) is 14.1. The van der Waals surface area contributed by atoms with Gasteiger partial charge < -0.3 is 9.47 Å². The van der Waals surface area contributed by atoms with Gasteiger partial charge in [0.15, 0.2) is 11.5 Å². The van der Waals surface area contributed by atoms with Crippen LogP contribution < -0.4 is 15.0 Å². The summed E-state index contributed by atoms with van der Waals surface area (Å²) in [7, 11) is 0. The van der Waals surface area contributed by atoms with Crippen molar-refractivity contribution in [3.8, 4) is 28.8 Å². The highest BCUT2D eigenvalue weighted by Gasteiger charge is 2.17. The maximum atomic E-state index is 11.2. The number of hydrogen-bond donors (Lipinski definition) is 1. The molecule has 0 amide bonds. The Labute approximate surface area is 114 Å². The molecule has 3 rings (SSSR count). The largest absolute Gasteiger partial charge is 0.486 e. The highest BCUT2D eigenvalue weighted by Crippen LogP contribution is 2.37. The van der Waals surface area contributed by atoms with E-state index in [4.69, 9.17) is 14.7 Å². The number of nitrogens with zero attached hydrogens (tertiary/aromatic N) is 2. The SMILES string of the molecule is Cc1cc2c(cc1-c1n[nH]c(=O)cc1C#N)OCCO2. The Bertz CT molecular complexity index is 774. The van der Waals surface area contributed by atoms with Crippen LogP contribution in [0.1, 0.15) is 11.1 Å². The van der Waals surface area contributed by atoms with E-state index in [0.29, 0.717) is 30.4 Å². The molecule has 100 valence electrons. The summed E-state index contributed by atoms with van der Waals surface area (Å²) in [4.78, 5) is 11.2. The van der Waals surface area contributed by atoms with Gasteiger partial charge in [-0.3, -0.25) is 4.79 Å². The van der Waals surface area contributed by atoms with Gasteiger partial charge in [0, 0.05) is 11.6 Å². The summed E-state index contributed by atoms with van der Waals surface area (Å²) in [6, 6.07) is 6.85. The van der Waals surface area contributed by atoms with Crippen molar-refractivity contribution < 1.29 is 9.47 Å². The molecule has 1 aromatic carbocycles. The summed E-state index contributed by atoms with van der Waals surface area (Å²) in [6.45, 7) is 2.90. The van der Waals surface area contributed by atoms with Crippen molar-refractivity contribution >= 4 is 0 Å². The van der Waals surface area contributed by atoms with Crippen LogP contribution in [0.2, 0.25) is 0 Å². The first kappa shape index (κ1) is 12.2. The lowest BCUT2D eigenvalue weighted by Gasteiger charge is -2.20. The number of H-pyrrole nitrogens is 1. The highest BCUT2D eigenvalue weighted by atomic mass is 16.6. The van der Waals surface area contributed by atoms with Crippen molar-refractivity contribution in [1.82, 2.24) is 10.2 Å². The second-order valence-electron chi connectivity index (χ2n) is 4.42. The molecule has 6 heteroatoms. The molecule has 0 radical (unpaired) electrons. The standard InChI is InChI=1S/C14H11N3O3/c1-8-4-11-12(20-3-2-19-11)6-10(8)14-9(7-15)5-13(18)16-17-14/h4-6H,2-3H2,1H3,(H,16,18). The summed E-state index contributed by atoms with van der Waals surface area (Å²) in [5, 5.41) is 15.5. The number of fused-ring (bicyclic) bond motifs is 1. The molecule has 1 aliphatic rings. The molecule has 0 atom stereocenters. The van der Waals surface area contributed by atoms with Gasteiger partial charge in [-0.15, -0.1) is 0 Å². The molecule has 1 N–H and O–H groups in total. The number of hydrogen-bond acceptors (Lipinski definition) is 5. The van der Waals surface area contributed by atoms with Crippen molar-refractivity contribution in [2.45, 2.75) is 6.92 Å². The number of aromatic nitrogens is 2. The molecule has 20 heavy (non-hydrogen) atoms. The fraction of sp³-hybridized carbons (Fsp3) is 0.214. The fourth-order valence-corrected chi connectivity index (χ4v) is 2.14. The van der Waals surface area contributed by atoms with Gasteiger partial charge >= 0.3 is 0 Å². The average Bonchev–Trinajstić information content (AvgIpc) is 2.46. The molecule has 1 aliphatic heterocycles. The Kier molecular flexibility index (Phi) is 2.88. The van der Waals surface area contributed by atoms with Crippen LogP contribution in [0.5, 0.6) is 11.5 Å². The third-order valence-electron chi connectivity index (χ3n) is 3.07. The van der Waals surface area contributed by atoms with Gasteiger partial charge in [0.1, 0.15) is 25.0 Å². The molecule has 2 heterocycles. The van der Waals surface area contributed by atoms with Gasteiger partial charge in [-0.05, 0) is 24.6 Å². The lowest BCUT2D eigenvalue weighted by atomic mass is 10.0. The molecule has 0 saturated carbocycles. The number of aryl methyl sites for hydroxylation is 1. The second kappa shape index (κ2) is 4.70. The molecule has 0 bridgehead atoms. The lowest BCUT2D eigenvalue weighted by molar-refractivity contribution is 0.171. The summed E-state index contributed by atoms with van der Waals surface area (Å²) in [5.74, 6) is 1.30. The van der Waals surface area contributed by atoms with Gasteiger partial charge in [-0.25, -0.2) is 5.10 Å². The minimum atomic E-state index is -0.402. The van der Waals surface area contributed by atoms with E-state index < -0.39 is 5.56 Å². The molecular weight excluding hydrogens is 258 g/mol. The lowest BCUT2D eigenvalue weighted by Crippen LogP contribution is -2.16. The van der Waals surface area contributed by atoms with Crippen LogP contribution >= 0.6 is 0 Å². The summed E-state index contributed by atoms with van der Waals surface area (Å²) in [5.41, 5.74) is 1.89. The van der Waals surface area contributed by atoms with E-state index in [9.17, 15) is 4.79 Å². The molecule has 0 saturated heterocycles. The van der Waals surface area contributed by atoms with Crippen molar-refractivity contribution in [2.75, 3.05) is 13.2 Å². The number of benzene rings is 1. The van der Waals surface area contributed by atoms with E-state index in [1.165, 1.54) is 6.07 Å². The first-order chi connectivity index (χ1) is 9.69. The first-order valence-electron chi connectivity index (χ1n) is 6.09. The molecule has 6 nitrogen and oxygen atoms in total. The van der Waals surface area contributed by atoms with E-state index in [2.05, 4.69) is 10.2 Å². The molecular formula is C14H11N3O3. The average molecular weight is 269 g/mol. The first-order valence-corrected chi connectivity index (χ1v) is 6.09. The zero-order valence-corrected chi connectivity index (χ0v) is 10.8. The third kappa shape index (κ3) is 1.99. The van der Waals surface area contributed by atoms with Crippen LogP contribution in [0, 0.1) is 18.3 Å². The zero-order valence-electron chi connectivity index (χ0n) is 10.8. The predicted molar refractivity (Wildman–Crippen MR) is 70.7 cm³/mol. The number of nitriles is 1. The third-order valence-corrected chi connectivity index (χ3v) is 3.07. The normalized spacial score (nSPS) is 12.8. The predicted octanol–water partition coefficient (Wildman–Crippen LogP) is 1.39. The van der Waals surface area contributed by atoms with Crippen LogP contribution in [0.4, 0.5) is 0 Å². The van der Waals surface area contributed by atoms with Crippen LogP contribution in [0.25, 0.3) is 11.3 Å². The molecule has 2 aromatic rings. The van der Waals surface area contributed by atoms with Crippen LogP contribution in [0.3, 0.4) is 0 Å². The summed E-state index contributed by atoms with van der Waals surface area (Å²) < 4.78 is 11.0. The Morgan fingerprint density at radius 1 is 1.25 bits per heavy atom. The Hall–Kier alpha value is -2.81. The smallest absolute Gasteiger partial charge is 0.265 e. The minimum Gasteiger partial charge on any atom is -0.486 e. The van der Waals surface area contributed by atoms with E-state index in [1.54, 1.807) is 6.07 Å². The quantitative estimate of drug-likeness (QED) is 0.845. The Morgan fingerprint density at radius 3 is 2.65 bits per heavy atom. The Morgan fingerprint density at radius 2 is 1.95 bits per heavy atom. The molecule has 0 aliphatic carbocycles. The molecule has 1 aromatic heterocycles. The van der Waals surface area contributed by atoms with Crippen molar-refractivity contribution in [2.24, 2.45) is 0 Å². The topological polar surface area (TPSA) is 88.0 Å². The second-order valence-corrected chi connectivity index (χ2v) is 4.42. The van der Waals surface area contributed by atoms with Crippen LogP contribution in [-0.4, -0.2) is 23.4 Å². The Balaban J connectivity index is 2.20. The number of rotatable bonds is 1. The van der Waals surface area contributed by atoms with E-state index in [-0.39, 0.29) is 5.56 Å². The number of nitrogens with one attached hydrogen (secondary N) is 1.